The van der Waals surface area contributed by atoms with Gasteiger partial charge in [-0.3, -0.25) is 23.5 Å². The van der Waals surface area contributed by atoms with Gasteiger partial charge in [0, 0.05) is 31.3 Å². The minimum atomic E-state index is -0.708. The van der Waals surface area contributed by atoms with E-state index >= 15 is 0 Å². The van der Waals surface area contributed by atoms with Crippen molar-refractivity contribution in [3.63, 3.8) is 0 Å². The average molecular weight is 543 g/mol. The van der Waals surface area contributed by atoms with Gasteiger partial charge < -0.3 is 9.88 Å². The molecule has 0 aliphatic rings. The number of amides is 1. The quantitative estimate of drug-likeness (QED) is 0.286. The van der Waals surface area contributed by atoms with E-state index in [1.165, 1.54) is 13.1 Å². The van der Waals surface area contributed by atoms with Crippen LogP contribution in [0.5, 0.6) is 0 Å². The van der Waals surface area contributed by atoms with Crippen molar-refractivity contribution < 1.29 is 4.79 Å². The summed E-state index contributed by atoms with van der Waals surface area (Å²) in [7, 11) is 1.30. The summed E-state index contributed by atoms with van der Waals surface area (Å²) >= 11 is 6.39. The molecule has 2 heterocycles. The molecule has 4 aromatic rings. The molecule has 4 rings (SSSR count). The lowest BCUT2D eigenvalue weighted by Crippen LogP contribution is -2.40. The van der Waals surface area contributed by atoms with E-state index in [2.05, 4.69) is 17.2 Å². The number of anilines is 1. The Morgan fingerprint density at radius 3 is 2.38 bits per heavy atom. The minimum absolute atomic E-state index is 0.136. The maximum atomic E-state index is 12.7. The van der Waals surface area contributed by atoms with Crippen molar-refractivity contribution in [1.82, 2.24) is 13.7 Å². The number of benzene rings is 2. The third-order valence-electron chi connectivity index (χ3n) is 6.17. The van der Waals surface area contributed by atoms with Crippen molar-refractivity contribution in [2.75, 3.05) is 5.32 Å². The number of aromatic nitrogens is 3. The first kappa shape index (κ1) is 27.4. The molecule has 0 aliphatic heterocycles. The second-order valence-electron chi connectivity index (χ2n) is 9.10. The van der Waals surface area contributed by atoms with E-state index in [0.717, 1.165) is 25.8 Å². The number of hydrogen-bond acceptors (Lipinski definition) is 4. The number of nitrogens with zero attached hydrogens (tertiary/aromatic N) is 3. The number of carbonyl (C=O) groups is 1. The van der Waals surface area contributed by atoms with Crippen molar-refractivity contribution in [1.29, 1.82) is 0 Å². The van der Waals surface area contributed by atoms with Gasteiger partial charge in [0.15, 0.2) is 0 Å². The number of hydrogen-bond donors (Lipinski definition) is 1. The number of pyridine rings is 1. The molecule has 198 valence electrons. The van der Waals surface area contributed by atoms with Crippen LogP contribution in [0.15, 0.2) is 87.3 Å². The molecule has 0 atom stereocenters. The summed E-state index contributed by atoms with van der Waals surface area (Å²) in [6.45, 7) is 2.28. The Hall–Kier alpha value is -4.61. The van der Waals surface area contributed by atoms with Crippen molar-refractivity contribution in [2.45, 2.75) is 32.9 Å². The fraction of sp³-hybridized carbons (Fsp3) is 0.200. The van der Waals surface area contributed by atoms with E-state index in [9.17, 15) is 19.2 Å². The Bertz CT molecular complexity index is 1740. The normalized spacial score (nSPS) is 10.5. The molecule has 0 saturated carbocycles. The van der Waals surface area contributed by atoms with Crippen LogP contribution in [0.2, 0.25) is 5.15 Å². The van der Waals surface area contributed by atoms with Crippen LogP contribution >= 0.6 is 11.6 Å². The maximum Gasteiger partial charge on any atom is 0.332 e. The van der Waals surface area contributed by atoms with Gasteiger partial charge in [-0.25, -0.2) is 4.79 Å². The molecular formula is C30H27ClN4O4. The standard InChI is InChI=1S/C30H27ClN4O4/c1-21-10-12-22(13-11-21)14-15-25(36)32-27-28(31)35(30(39)33(2)29(27)38)17-6-9-23-16-18-34(26(37)19-23)20-24-7-4-3-5-8-24/h3-5,7-8,10-13,16,18-19H,14-15,17,20H2,1-2H3,(H,32,36). The molecule has 0 spiro atoms. The fourth-order valence-corrected chi connectivity index (χ4v) is 4.18. The first-order valence-corrected chi connectivity index (χ1v) is 12.7. The van der Waals surface area contributed by atoms with Gasteiger partial charge in [0.1, 0.15) is 10.8 Å². The fourth-order valence-electron chi connectivity index (χ4n) is 3.92. The van der Waals surface area contributed by atoms with Crippen molar-refractivity contribution in [2.24, 2.45) is 7.05 Å². The van der Waals surface area contributed by atoms with Gasteiger partial charge in [-0.2, -0.15) is 0 Å². The molecule has 1 N–H and O–H groups in total. The Morgan fingerprint density at radius 2 is 1.69 bits per heavy atom. The molecule has 0 radical (unpaired) electrons. The largest absolute Gasteiger partial charge is 0.332 e. The minimum Gasteiger partial charge on any atom is -0.319 e. The lowest BCUT2D eigenvalue weighted by atomic mass is 10.1. The highest BCUT2D eigenvalue weighted by molar-refractivity contribution is 6.32. The van der Waals surface area contributed by atoms with Gasteiger partial charge in [-0.1, -0.05) is 83.6 Å². The molecule has 0 fully saturated rings. The molecule has 0 saturated heterocycles. The van der Waals surface area contributed by atoms with E-state index in [-0.39, 0.29) is 29.4 Å². The highest BCUT2D eigenvalue weighted by Crippen LogP contribution is 2.16. The summed E-state index contributed by atoms with van der Waals surface area (Å²) in [5.41, 5.74) is 1.81. The zero-order valence-electron chi connectivity index (χ0n) is 21.6. The summed E-state index contributed by atoms with van der Waals surface area (Å²) in [4.78, 5) is 50.5. The topological polar surface area (TPSA) is 95.1 Å². The Labute approximate surface area is 230 Å². The summed E-state index contributed by atoms with van der Waals surface area (Å²) in [5.74, 6) is 5.29. The number of rotatable bonds is 7. The van der Waals surface area contributed by atoms with E-state index in [0.29, 0.717) is 18.5 Å². The zero-order valence-corrected chi connectivity index (χ0v) is 22.4. The van der Waals surface area contributed by atoms with Gasteiger partial charge in [0.2, 0.25) is 5.91 Å². The molecule has 9 heteroatoms. The van der Waals surface area contributed by atoms with E-state index in [1.54, 1.807) is 16.8 Å². The van der Waals surface area contributed by atoms with Crippen LogP contribution in [0, 0.1) is 18.8 Å². The predicted octanol–water partition coefficient (Wildman–Crippen LogP) is 3.34. The third-order valence-corrected chi connectivity index (χ3v) is 6.56. The van der Waals surface area contributed by atoms with Crippen LogP contribution in [0.1, 0.15) is 28.7 Å². The highest BCUT2D eigenvalue weighted by Gasteiger charge is 2.18. The first-order valence-electron chi connectivity index (χ1n) is 12.3. The SMILES string of the molecule is Cc1ccc(CCC(=O)Nc2c(Cl)n(CC#Cc3ccn(Cc4ccccc4)c(=O)c3)c(=O)n(C)c2=O)cc1. The van der Waals surface area contributed by atoms with Gasteiger partial charge in [-0.15, -0.1) is 0 Å². The average Bonchev–Trinajstić information content (AvgIpc) is 2.93. The summed E-state index contributed by atoms with van der Waals surface area (Å²) in [6, 6.07) is 20.6. The van der Waals surface area contributed by atoms with Crippen molar-refractivity contribution >= 4 is 23.2 Å². The number of nitrogens with one attached hydrogen (secondary N) is 1. The molecule has 2 aromatic carbocycles. The van der Waals surface area contributed by atoms with Crippen LogP contribution < -0.4 is 22.1 Å². The van der Waals surface area contributed by atoms with E-state index in [1.807, 2.05) is 61.5 Å². The summed E-state index contributed by atoms with van der Waals surface area (Å²) in [6.07, 6.45) is 2.28. The highest BCUT2D eigenvalue weighted by atomic mass is 35.5. The van der Waals surface area contributed by atoms with Crippen LogP contribution in [0.4, 0.5) is 5.69 Å². The molecule has 1 amide bonds. The van der Waals surface area contributed by atoms with E-state index < -0.39 is 17.2 Å². The lowest BCUT2D eigenvalue weighted by molar-refractivity contribution is -0.116. The van der Waals surface area contributed by atoms with Crippen LogP contribution in [0.3, 0.4) is 0 Å². The monoisotopic (exact) mass is 542 g/mol. The van der Waals surface area contributed by atoms with Gasteiger partial charge in [-0.05, 0) is 30.5 Å². The number of halogens is 1. The smallest absolute Gasteiger partial charge is 0.319 e. The number of aryl methyl sites for hydroxylation is 2. The van der Waals surface area contributed by atoms with Crippen LogP contribution in [-0.4, -0.2) is 19.6 Å². The van der Waals surface area contributed by atoms with Crippen molar-refractivity contribution in [3.05, 3.63) is 132 Å². The lowest BCUT2D eigenvalue weighted by Gasteiger charge is -2.13. The molecule has 0 bridgehead atoms. The maximum absolute atomic E-state index is 12.7. The van der Waals surface area contributed by atoms with Gasteiger partial charge in [0.05, 0.1) is 13.1 Å². The molecule has 2 aromatic heterocycles. The van der Waals surface area contributed by atoms with Crippen molar-refractivity contribution in [3.8, 4) is 11.8 Å². The summed E-state index contributed by atoms with van der Waals surface area (Å²) < 4.78 is 3.54. The first-order chi connectivity index (χ1) is 18.7. The summed E-state index contributed by atoms with van der Waals surface area (Å²) in [5, 5.41) is 2.35. The molecular weight excluding hydrogens is 516 g/mol. The Kier molecular flexibility index (Phi) is 8.64. The van der Waals surface area contributed by atoms with Gasteiger partial charge >= 0.3 is 5.69 Å². The Balaban J connectivity index is 1.49. The predicted molar refractivity (Wildman–Crippen MR) is 152 cm³/mol. The van der Waals surface area contributed by atoms with Gasteiger partial charge in [0.25, 0.3) is 11.1 Å². The molecule has 0 aliphatic carbocycles. The second kappa shape index (κ2) is 12.3. The van der Waals surface area contributed by atoms with E-state index in [4.69, 9.17) is 11.6 Å². The third kappa shape index (κ3) is 6.83. The number of carbonyl (C=O) groups excluding carboxylic acids is 1. The second-order valence-corrected chi connectivity index (χ2v) is 9.46. The molecule has 39 heavy (non-hydrogen) atoms. The van der Waals surface area contributed by atoms with Crippen LogP contribution in [0.25, 0.3) is 0 Å². The molecule has 8 nitrogen and oxygen atoms in total. The molecule has 0 unspecified atom stereocenters. The zero-order chi connectivity index (χ0) is 27.9. The van der Waals surface area contributed by atoms with Crippen LogP contribution in [-0.2, 0) is 31.4 Å². The Morgan fingerprint density at radius 1 is 0.974 bits per heavy atom.